The summed E-state index contributed by atoms with van der Waals surface area (Å²) in [5, 5.41) is 0. The highest BCUT2D eigenvalue weighted by atomic mass is 16.5. The molecular formula is C17H27N3O2. The van der Waals surface area contributed by atoms with Gasteiger partial charge in [0.05, 0.1) is 19.8 Å². The van der Waals surface area contributed by atoms with Crippen LogP contribution in [0.25, 0.3) is 0 Å². The van der Waals surface area contributed by atoms with E-state index in [0.29, 0.717) is 12.6 Å². The van der Waals surface area contributed by atoms with Crippen molar-refractivity contribution in [2.45, 2.75) is 32.0 Å². The first-order chi connectivity index (χ1) is 10.7. The Morgan fingerprint density at radius 1 is 1.41 bits per heavy atom. The monoisotopic (exact) mass is 305 g/mol. The zero-order valence-electron chi connectivity index (χ0n) is 13.8. The van der Waals surface area contributed by atoms with Gasteiger partial charge in [-0.2, -0.15) is 0 Å². The van der Waals surface area contributed by atoms with Gasteiger partial charge in [0.1, 0.15) is 0 Å². The van der Waals surface area contributed by atoms with Crippen LogP contribution in [-0.4, -0.2) is 67.8 Å². The third kappa shape index (κ3) is 3.84. The highest BCUT2D eigenvalue weighted by Gasteiger charge is 2.27. The fourth-order valence-electron chi connectivity index (χ4n) is 3.27. The lowest BCUT2D eigenvalue weighted by molar-refractivity contribution is 0.103. The number of ether oxygens (including phenoxy) is 2. The Kier molecular flexibility index (Phi) is 5.41. The van der Waals surface area contributed by atoms with Gasteiger partial charge in [-0.25, -0.2) is 0 Å². The summed E-state index contributed by atoms with van der Waals surface area (Å²) in [6, 6.07) is 0.591. The van der Waals surface area contributed by atoms with Crippen LogP contribution in [0.3, 0.4) is 0 Å². The quantitative estimate of drug-likeness (QED) is 0.741. The molecule has 2 aliphatic rings. The molecule has 5 nitrogen and oxygen atoms in total. The van der Waals surface area contributed by atoms with Crippen molar-refractivity contribution in [3.8, 4) is 0 Å². The zero-order valence-corrected chi connectivity index (χ0v) is 13.8. The first kappa shape index (κ1) is 15.9. The molecule has 1 fully saturated rings. The minimum absolute atomic E-state index is 0.591. The van der Waals surface area contributed by atoms with Gasteiger partial charge in [-0.15, -0.1) is 0 Å². The van der Waals surface area contributed by atoms with Crippen molar-refractivity contribution < 1.29 is 9.47 Å². The normalized spacial score (nSPS) is 22.2. The van der Waals surface area contributed by atoms with E-state index >= 15 is 0 Å². The second-order valence-electron chi connectivity index (χ2n) is 6.53. The molecule has 3 heterocycles. The molecule has 0 aliphatic carbocycles. The summed E-state index contributed by atoms with van der Waals surface area (Å²) < 4.78 is 11.3. The Labute approximate surface area is 133 Å². The van der Waals surface area contributed by atoms with Crippen LogP contribution in [0.4, 0.5) is 0 Å². The van der Waals surface area contributed by atoms with Gasteiger partial charge in [-0.3, -0.25) is 9.88 Å². The predicted octanol–water partition coefficient (Wildman–Crippen LogP) is 1.31. The fourth-order valence-corrected chi connectivity index (χ4v) is 3.27. The molecule has 1 aromatic heterocycles. The molecule has 1 atom stereocenters. The molecule has 0 saturated carbocycles. The van der Waals surface area contributed by atoms with Gasteiger partial charge in [0.15, 0.2) is 0 Å². The SMILES string of the molecule is CN(C)CCOCc1cncc2c1CCN(C1CCOC1)C2. The topological polar surface area (TPSA) is 37.8 Å². The van der Waals surface area contributed by atoms with E-state index in [4.69, 9.17) is 9.47 Å². The van der Waals surface area contributed by atoms with E-state index in [2.05, 4.69) is 28.9 Å². The van der Waals surface area contributed by atoms with Crippen LogP contribution < -0.4 is 0 Å². The van der Waals surface area contributed by atoms with Crippen LogP contribution >= 0.6 is 0 Å². The summed E-state index contributed by atoms with van der Waals surface area (Å²) in [4.78, 5) is 9.11. The van der Waals surface area contributed by atoms with Crippen LogP contribution in [-0.2, 0) is 29.0 Å². The third-order valence-corrected chi connectivity index (χ3v) is 4.62. The van der Waals surface area contributed by atoms with Crippen molar-refractivity contribution in [3.63, 3.8) is 0 Å². The van der Waals surface area contributed by atoms with Gasteiger partial charge in [-0.1, -0.05) is 0 Å². The Balaban J connectivity index is 1.60. The molecule has 0 radical (unpaired) electrons. The number of hydrogen-bond acceptors (Lipinski definition) is 5. The largest absolute Gasteiger partial charge is 0.380 e. The van der Waals surface area contributed by atoms with E-state index < -0.39 is 0 Å². The first-order valence-electron chi connectivity index (χ1n) is 8.23. The molecule has 5 heteroatoms. The Hall–Kier alpha value is -1.01. The Morgan fingerprint density at radius 3 is 3.09 bits per heavy atom. The van der Waals surface area contributed by atoms with Crippen LogP contribution in [0.2, 0.25) is 0 Å². The lowest BCUT2D eigenvalue weighted by atomic mass is 9.96. The third-order valence-electron chi connectivity index (χ3n) is 4.62. The maximum absolute atomic E-state index is 5.81. The van der Waals surface area contributed by atoms with Crippen molar-refractivity contribution >= 4 is 0 Å². The van der Waals surface area contributed by atoms with Gasteiger partial charge in [0.2, 0.25) is 0 Å². The Bertz CT molecular complexity index is 487. The first-order valence-corrected chi connectivity index (χ1v) is 8.23. The smallest absolute Gasteiger partial charge is 0.0735 e. The molecule has 0 spiro atoms. The summed E-state index contributed by atoms with van der Waals surface area (Å²) in [6.07, 6.45) is 6.26. The van der Waals surface area contributed by atoms with Crippen molar-refractivity contribution in [2.75, 3.05) is 47.0 Å². The molecule has 0 bridgehead atoms. The number of rotatable bonds is 6. The summed E-state index contributed by atoms with van der Waals surface area (Å²) in [6.45, 7) is 6.32. The maximum Gasteiger partial charge on any atom is 0.0735 e. The lowest BCUT2D eigenvalue weighted by Gasteiger charge is -2.33. The minimum atomic E-state index is 0.591. The molecule has 122 valence electrons. The average Bonchev–Trinajstić information content (AvgIpc) is 3.05. The van der Waals surface area contributed by atoms with Crippen molar-refractivity contribution in [2.24, 2.45) is 0 Å². The van der Waals surface area contributed by atoms with Gasteiger partial charge in [0, 0.05) is 44.7 Å². The molecule has 22 heavy (non-hydrogen) atoms. The molecular weight excluding hydrogens is 278 g/mol. The predicted molar refractivity (Wildman–Crippen MR) is 85.8 cm³/mol. The van der Waals surface area contributed by atoms with Gasteiger partial charge < -0.3 is 14.4 Å². The van der Waals surface area contributed by atoms with Gasteiger partial charge in [-0.05, 0) is 43.6 Å². The highest BCUT2D eigenvalue weighted by Crippen LogP contribution is 2.25. The molecule has 1 saturated heterocycles. The van der Waals surface area contributed by atoms with Gasteiger partial charge >= 0.3 is 0 Å². The van der Waals surface area contributed by atoms with E-state index in [1.165, 1.54) is 16.7 Å². The Morgan fingerprint density at radius 2 is 2.32 bits per heavy atom. The summed E-state index contributed by atoms with van der Waals surface area (Å²) >= 11 is 0. The average molecular weight is 305 g/mol. The number of nitrogens with zero attached hydrogens (tertiary/aromatic N) is 3. The standard InChI is InChI=1S/C17H27N3O2/c1-19(2)6-8-22-12-15-10-18-9-14-11-20(5-3-17(14)15)16-4-7-21-13-16/h9-10,16H,3-8,11-13H2,1-2H3. The molecule has 0 amide bonds. The maximum atomic E-state index is 5.81. The number of likely N-dealkylation sites (N-methyl/N-ethyl adjacent to an activating group) is 1. The van der Waals surface area contributed by atoms with E-state index in [9.17, 15) is 0 Å². The molecule has 1 aromatic rings. The molecule has 0 aromatic carbocycles. The molecule has 1 unspecified atom stereocenters. The van der Waals surface area contributed by atoms with Crippen LogP contribution in [0.1, 0.15) is 23.1 Å². The van der Waals surface area contributed by atoms with E-state index in [1.54, 1.807) is 0 Å². The van der Waals surface area contributed by atoms with Crippen LogP contribution in [0.15, 0.2) is 12.4 Å². The number of fused-ring (bicyclic) bond motifs is 1. The number of aromatic nitrogens is 1. The second kappa shape index (κ2) is 7.51. The minimum Gasteiger partial charge on any atom is -0.380 e. The van der Waals surface area contributed by atoms with Crippen molar-refractivity contribution in [1.29, 1.82) is 0 Å². The fraction of sp³-hybridized carbons (Fsp3) is 0.706. The van der Waals surface area contributed by atoms with Crippen LogP contribution in [0.5, 0.6) is 0 Å². The number of hydrogen-bond donors (Lipinski definition) is 0. The number of pyridine rings is 1. The van der Waals surface area contributed by atoms with Crippen molar-refractivity contribution in [1.82, 2.24) is 14.8 Å². The van der Waals surface area contributed by atoms with Crippen LogP contribution in [0, 0.1) is 0 Å². The van der Waals surface area contributed by atoms with E-state index in [0.717, 1.165) is 52.3 Å². The second-order valence-corrected chi connectivity index (χ2v) is 6.53. The van der Waals surface area contributed by atoms with Gasteiger partial charge in [0.25, 0.3) is 0 Å². The lowest BCUT2D eigenvalue weighted by Crippen LogP contribution is -2.40. The zero-order chi connectivity index (χ0) is 15.4. The van der Waals surface area contributed by atoms with E-state index in [-0.39, 0.29) is 0 Å². The van der Waals surface area contributed by atoms with E-state index in [1.807, 2.05) is 12.4 Å². The van der Waals surface area contributed by atoms with Crippen molar-refractivity contribution in [3.05, 3.63) is 29.1 Å². The molecule has 3 rings (SSSR count). The highest BCUT2D eigenvalue weighted by molar-refractivity contribution is 5.33. The molecule has 2 aliphatic heterocycles. The summed E-state index contributed by atoms with van der Waals surface area (Å²) in [5.74, 6) is 0. The molecule has 0 N–H and O–H groups in total. The summed E-state index contributed by atoms with van der Waals surface area (Å²) in [5.41, 5.74) is 4.08. The summed E-state index contributed by atoms with van der Waals surface area (Å²) in [7, 11) is 4.13.